The molecule has 2 rings (SSSR count). The first kappa shape index (κ1) is 17.7. The monoisotopic (exact) mass is 347 g/mol. The van der Waals surface area contributed by atoms with Crippen LogP contribution < -0.4 is 10.1 Å². The minimum Gasteiger partial charge on any atom is -0.495 e. The maximum Gasteiger partial charge on any atom is 0.221 e. The Morgan fingerprint density at radius 3 is 2.08 bits per heavy atom. The van der Waals surface area contributed by atoms with Gasteiger partial charge < -0.3 is 10.1 Å². The van der Waals surface area contributed by atoms with E-state index < -0.39 is 9.84 Å². The number of anilines is 1. The van der Waals surface area contributed by atoms with Crippen molar-refractivity contribution in [2.75, 3.05) is 18.7 Å². The van der Waals surface area contributed by atoms with Gasteiger partial charge in [-0.15, -0.1) is 0 Å². The van der Waals surface area contributed by atoms with Gasteiger partial charge in [-0.2, -0.15) is 0 Å². The van der Waals surface area contributed by atoms with Gasteiger partial charge in [-0.1, -0.05) is 0 Å². The highest BCUT2D eigenvalue weighted by atomic mass is 32.2. The Balaban J connectivity index is 2.34. The Bertz CT molecular complexity index is 886. The van der Waals surface area contributed by atoms with Gasteiger partial charge >= 0.3 is 0 Å². The molecule has 0 fully saturated rings. The zero-order valence-electron chi connectivity index (χ0n) is 13.5. The van der Waals surface area contributed by atoms with E-state index in [-0.39, 0.29) is 22.3 Å². The predicted molar refractivity (Wildman–Crippen MR) is 90.3 cm³/mol. The third kappa shape index (κ3) is 3.99. The van der Waals surface area contributed by atoms with Gasteiger partial charge in [0.1, 0.15) is 10.6 Å². The lowest BCUT2D eigenvalue weighted by Gasteiger charge is -2.09. The van der Waals surface area contributed by atoms with Crippen molar-refractivity contribution in [1.29, 1.82) is 0 Å². The maximum absolute atomic E-state index is 12.5. The largest absolute Gasteiger partial charge is 0.495 e. The van der Waals surface area contributed by atoms with Crippen LogP contribution in [0.5, 0.6) is 5.75 Å². The van der Waals surface area contributed by atoms with E-state index in [1.807, 2.05) is 0 Å². The number of ketones is 1. The van der Waals surface area contributed by atoms with E-state index in [4.69, 9.17) is 4.74 Å². The molecule has 0 radical (unpaired) electrons. The number of benzene rings is 2. The first-order chi connectivity index (χ1) is 11.2. The van der Waals surface area contributed by atoms with E-state index in [1.54, 1.807) is 24.3 Å². The van der Waals surface area contributed by atoms with Gasteiger partial charge in [-0.05, 0) is 42.5 Å². The molecule has 6 nitrogen and oxygen atoms in total. The third-order valence-corrected chi connectivity index (χ3v) is 4.43. The fraction of sp³-hybridized carbons (Fsp3) is 0.176. The maximum atomic E-state index is 12.5. The standard InChI is InChI=1S/C17H17NO5S/c1-11(19)18-14-7-4-12(5-8-14)17(20)13-6-9-16(24(3,21)22)15(10-13)23-2/h4-10H,1-3H3,(H,18,19). The molecule has 0 atom stereocenters. The highest BCUT2D eigenvalue weighted by molar-refractivity contribution is 7.90. The molecule has 1 amide bonds. The molecule has 0 aliphatic heterocycles. The summed E-state index contributed by atoms with van der Waals surface area (Å²) in [6.45, 7) is 1.40. The second-order valence-electron chi connectivity index (χ2n) is 5.23. The molecule has 2 aromatic carbocycles. The fourth-order valence-corrected chi connectivity index (χ4v) is 3.01. The SMILES string of the molecule is COc1cc(C(=O)c2ccc(NC(C)=O)cc2)ccc1S(C)(=O)=O. The van der Waals surface area contributed by atoms with Crippen molar-refractivity contribution in [2.24, 2.45) is 0 Å². The van der Waals surface area contributed by atoms with Crippen LogP contribution in [0.4, 0.5) is 5.69 Å². The first-order valence-corrected chi connectivity index (χ1v) is 8.92. The lowest BCUT2D eigenvalue weighted by molar-refractivity contribution is -0.114. The third-order valence-electron chi connectivity index (χ3n) is 3.29. The van der Waals surface area contributed by atoms with E-state index in [0.717, 1.165) is 6.26 Å². The van der Waals surface area contributed by atoms with E-state index in [2.05, 4.69) is 5.32 Å². The van der Waals surface area contributed by atoms with Gasteiger partial charge in [0.25, 0.3) is 0 Å². The Labute approximate surface area is 140 Å². The van der Waals surface area contributed by atoms with Crippen LogP contribution in [0.25, 0.3) is 0 Å². The molecule has 0 spiro atoms. The quantitative estimate of drug-likeness (QED) is 0.838. The second-order valence-corrected chi connectivity index (χ2v) is 7.21. The molecule has 0 heterocycles. The lowest BCUT2D eigenvalue weighted by Crippen LogP contribution is -2.07. The van der Waals surface area contributed by atoms with Crippen LogP contribution in [0.15, 0.2) is 47.4 Å². The number of rotatable bonds is 5. The number of sulfone groups is 1. The molecule has 7 heteroatoms. The fourth-order valence-electron chi connectivity index (χ4n) is 2.19. The molecule has 0 aromatic heterocycles. The summed E-state index contributed by atoms with van der Waals surface area (Å²) in [5.41, 5.74) is 1.31. The van der Waals surface area contributed by atoms with Crippen molar-refractivity contribution in [3.05, 3.63) is 53.6 Å². The van der Waals surface area contributed by atoms with Gasteiger partial charge in [0.05, 0.1) is 7.11 Å². The number of ether oxygens (including phenoxy) is 1. The topological polar surface area (TPSA) is 89.5 Å². The summed E-state index contributed by atoms with van der Waals surface area (Å²) < 4.78 is 28.5. The van der Waals surface area contributed by atoms with E-state index in [9.17, 15) is 18.0 Å². The van der Waals surface area contributed by atoms with Gasteiger partial charge in [-0.3, -0.25) is 9.59 Å². The summed E-state index contributed by atoms with van der Waals surface area (Å²) in [6, 6.07) is 10.6. The molecular formula is C17H17NO5S. The summed E-state index contributed by atoms with van der Waals surface area (Å²) in [7, 11) is -2.10. The Morgan fingerprint density at radius 2 is 1.58 bits per heavy atom. The van der Waals surface area contributed by atoms with Crippen molar-refractivity contribution in [2.45, 2.75) is 11.8 Å². The molecule has 24 heavy (non-hydrogen) atoms. The van der Waals surface area contributed by atoms with Crippen molar-refractivity contribution in [3.63, 3.8) is 0 Å². The number of carbonyl (C=O) groups excluding carboxylic acids is 2. The Hall–Kier alpha value is -2.67. The van der Waals surface area contributed by atoms with Crippen LogP contribution in [0, 0.1) is 0 Å². The number of hydrogen-bond acceptors (Lipinski definition) is 5. The summed E-state index contributed by atoms with van der Waals surface area (Å²) in [5.74, 6) is -0.351. The second kappa shape index (κ2) is 6.84. The zero-order chi connectivity index (χ0) is 17.9. The van der Waals surface area contributed by atoms with Crippen molar-refractivity contribution in [3.8, 4) is 5.75 Å². The molecule has 0 unspecified atom stereocenters. The molecule has 0 saturated carbocycles. The summed E-state index contributed by atoms with van der Waals surface area (Å²) >= 11 is 0. The Kier molecular flexibility index (Phi) is 5.04. The van der Waals surface area contributed by atoms with E-state index >= 15 is 0 Å². The lowest BCUT2D eigenvalue weighted by atomic mass is 10.0. The molecule has 126 valence electrons. The Morgan fingerprint density at radius 1 is 1.00 bits per heavy atom. The summed E-state index contributed by atoms with van der Waals surface area (Å²) in [6.07, 6.45) is 1.08. The van der Waals surface area contributed by atoms with E-state index in [1.165, 1.54) is 32.2 Å². The van der Waals surface area contributed by atoms with Crippen LogP contribution in [0.2, 0.25) is 0 Å². The average molecular weight is 347 g/mol. The summed E-state index contributed by atoms with van der Waals surface area (Å²) in [5, 5.41) is 2.62. The van der Waals surface area contributed by atoms with Crippen molar-refractivity contribution in [1.82, 2.24) is 0 Å². The number of nitrogens with one attached hydrogen (secondary N) is 1. The van der Waals surface area contributed by atoms with Gasteiger partial charge in [0, 0.05) is 30.0 Å². The minimum atomic E-state index is -3.45. The van der Waals surface area contributed by atoms with Crippen LogP contribution in [0.1, 0.15) is 22.8 Å². The zero-order valence-corrected chi connectivity index (χ0v) is 14.3. The molecule has 0 aliphatic rings. The molecule has 1 N–H and O–H groups in total. The number of carbonyl (C=O) groups is 2. The van der Waals surface area contributed by atoms with E-state index in [0.29, 0.717) is 16.8 Å². The predicted octanol–water partition coefficient (Wildman–Crippen LogP) is 2.29. The minimum absolute atomic E-state index is 0.0301. The smallest absolute Gasteiger partial charge is 0.221 e. The first-order valence-electron chi connectivity index (χ1n) is 7.03. The molecular weight excluding hydrogens is 330 g/mol. The van der Waals surface area contributed by atoms with Crippen molar-refractivity contribution < 1.29 is 22.7 Å². The molecule has 0 aliphatic carbocycles. The van der Waals surface area contributed by atoms with Crippen LogP contribution in [-0.4, -0.2) is 33.5 Å². The van der Waals surface area contributed by atoms with Gasteiger partial charge in [-0.25, -0.2) is 8.42 Å². The van der Waals surface area contributed by atoms with Gasteiger partial charge in [0.15, 0.2) is 15.6 Å². The highest BCUT2D eigenvalue weighted by Crippen LogP contribution is 2.26. The normalized spacial score (nSPS) is 11.0. The van der Waals surface area contributed by atoms with Crippen LogP contribution in [-0.2, 0) is 14.6 Å². The van der Waals surface area contributed by atoms with Gasteiger partial charge in [0.2, 0.25) is 5.91 Å². The van der Waals surface area contributed by atoms with Crippen molar-refractivity contribution >= 4 is 27.2 Å². The molecule has 0 bridgehead atoms. The average Bonchev–Trinajstić information content (AvgIpc) is 2.53. The van der Waals surface area contributed by atoms with Crippen LogP contribution >= 0.6 is 0 Å². The molecule has 0 saturated heterocycles. The number of amides is 1. The number of hydrogen-bond donors (Lipinski definition) is 1. The molecule has 2 aromatic rings. The highest BCUT2D eigenvalue weighted by Gasteiger charge is 2.17. The van der Waals surface area contributed by atoms with Crippen LogP contribution in [0.3, 0.4) is 0 Å². The number of methoxy groups -OCH3 is 1. The summed E-state index contributed by atoms with van der Waals surface area (Å²) in [4.78, 5) is 23.5.